The van der Waals surface area contributed by atoms with Crippen molar-refractivity contribution in [3.05, 3.63) is 36.7 Å². The second kappa shape index (κ2) is 12.0. The number of aromatic nitrogens is 4. The number of alkyl halides is 1. The van der Waals surface area contributed by atoms with Gasteiger partial charge in [-0.15, -0.1) is 0 Å². The zero-order chi connectivity index (χ0) is 29.1. The third-order valence-corrected chi connectivity index (χ3v) is 7.50. The summed E-state index contributed by atoms with van der Waals surface area (Å²) in [6.45, 7) is 8.05. The van der Waals surface area contributed by atoms with Crippen molar-refractivity contribution >= 4 is 30.8 Å². The summed E-state index contributed by atoms with van der Waals surface area (Å²) in [6.07, 6.45) is -1.10. The van der Waals surface area contributed by atoms with E-state index in [1.165, 1.54) is 24.7 Å². The number of hydrogen-bond acceptors (Lipinski definition) is 11. The fraction of sp³-hybridized carbons (Fsp3) is 0.520. The summed E-state index contributed by atoms with van der Waals surface area (Å²) >= 11 is 0. The fourth-order valence-electron chi connectivity index (χ4n) is 4.20. The number of rotatable bonds is 12. The van der Waals surface area contributed by atoms with Crippen molar-refractivity contribution in [1.29, 1.82) is 0 Å². The van der Waals surface area contributed by atoms with Crippen LogP contribution in [0.2, 0.25) is 0 Å². The number of hydrogen-bond donors (Lipinski definition) is 2. The normalized spacial score (nSPS) is 23.2. The predicted molar refractivity (Wildman–Crippen MR) is 143 cm³/mol. The molecule has 1 saturated heterocycles. The third-order valence-electron chi connectivity index (χ3n) is 5.86. The van der Waals surface area contributed by atoms with Gasteiger partial charge < -0.3 is 24.5 Å². The molecule has 1 aliphatic rings. The largest absolute Gasteiger partial charge is 0.476 e. The topological polar surface area (TPSA) is 162 Å². The lowest BCUT2D eigenvalue weighted by atomic mass is 10.0. The van der Waals surface area contributed by atoms with Gasteiger partial charge >= 0.3 is 13.7 Å². The Hall–Kier alpha value is -3.32. The van der Waals surface area contributed by atoms with Crippen molar-refractivity contribution in [3.8, 4) is 11.6 Å². The van der Waals surface area contributed by atoms with Crippen LogP contribution in [0, 0.1) is 0 Å². The van der Waals surface area contributed by atoms with Crippen LogP contribution in [0.25, 0.3) is 11.2 Å². The van der Waals surface area contributed by atoms with Crippen LogP contribution in [0.1, 0.15) is 47.3 Å². The molecule has 0 aliphatic carbocycles. The van der Waals surface area contributed by atoms with Gasteiger partial charge in [0.1, 0.15) is 11.8 Å². The maximum atomic E-state index is 15.9. The molecule has 0 bridgehead atoms. The van der Waals surface area contributed by atoms with Gasteiger partial charge in [-0.2, -0.15) is 15.1 Å². The average Bonchev–Trinajstić information content (AvgIpc) is 3.42. The van der Waals surface area contributed by atoms with E-state index in [1.807, 2.05) is 0 Å². The molecule has 1 fully saturated rings. The number of nitrogen functional groups attached to an aromatic ring is 1. The molecule has 218 valence electrons. The van der Waals surface area contributed by atoms with Gasteiger partial charge in [0.15, 0.2) is 23.1 Å². The van der Waals surface area contributed by atoms with Crippen LogP contribution in [0.15, 0.2) is 36.7 Å². The van der Waals surface area contributed by atoms with Crippen molar-refractivity contribution in [1.82, 2.24) is 24.6 Å². The molecule has 13 nitrogen and oxygen atoms in total. The lowest BCUT2D eigenvalue weighted by molar-refractivity contribution is -0.149. The predicted octanol–water partition coefficient (Wildman–Crippen LogP) is 3.96. The van der Waals surface area contributed by atoms with Gasteiger partial charge in [0.25, 0.3) is 0 Å². The summed E-state index contributed by atoms with van der Waals surface area (Å²) in [7, 11) is -4.15. The zero-order valence-corrected chi connectivity index (χ0v) is 23.8. The Morgan fingerprint density at radius 2 is 2.02 bits per heavy atom. The summed E-state index contributed by atoms with van der Waals surface area (Å²) < 4.78 is 59.1. The number of anilines is 1. The second-order valence-corrected chi connectivity index (χ2v) is 11.5. The molecule has 1 aliphatic heterocycles. The van der Waals surface area contributed by atoms with E-state index in [0.717, 1.165) is 0 Å². The first kappa shape index (κ1) is 29.7. The first-order valence-electron chi connectivity index (χ1n) is 12.9. The molecule has 40 heavy (non-hydrogen) atoms. The molecule has 3 aromatic rings. The number of nitrogens with zero attached hydrogens (tertiary/aromatic N) is 4. The lowest BCUT2D eigenvalue weighted by Crippen LogP contribution is -2.36. The maximum Gasteiger partial charge on any atom is 0.459 e. The Kier molecular flexibility index (Phi) is 8.93. The Balaban J connectivity index is 1.52. The number of halogens is 1. The van der Waals surface area contributed by atoms with Crippen molar-refractivity contribution in [3.63, 3.8) is 0 Å². The number of para-hydroxylation sites is 1. The Bertz CT molecular complexity index is 1370. The molecule has 3 heterocycles. The first-order chi connectivity index (χ1) is 18.9. The first-order valence-corrected chi connectivity index (χ1v) is 14.4. The molecule has 4 rings (SSSR count). The number of nitrogens with one attached hydrogen (secondary N) is 1. The number of imidazole rings is 1. The number of nitrogens with two attached hydrogens (primary N) is 1. The Morgan fingerprint density at radius 1 is 1.30 bits per heavy atom. The summed E-state index contributed by atoms with van der Waals surface area (Å²) in [5.74, 6) is -0.275. The minimum atomic E-state index is -4.15. The molecule has 0 spiro atoms. The molecule has 2 aromatic heterocycles. The molecule has 0 radical (unpaired) electrons. The number of ether oxygens (including phenoxy) is 3. The van der Waals surface area contributed by atoms with Crippen LogP contribution in [-0.4, -0.2) is 62.6 Å². The number of carbonyl (C=O) groups excluding carboxylic acids is 1. The van der Waals surface area contributed by atoms with Crippen molar-refractivity contribution in [2.75, 3.05) is 18.9 Å². The van der Waals surface area contributed by atoms with Crippen molar-refractivity contribution < 1.29 is 37.0 Å². The van der Waals surface area contributed by atoms with Crippen LogP contribution >= 0.6 is 7.75 Å². The minimum Gasteiger partial charge on any atom is -0.476 e. The molecule has 5 atom stereocenters. The number of carbonyl (C=O) groups is 1. The summed E-state index contributed by atoms with van der Waals surface area (Å²) in [5.41, 5.74) is 4.50. The highest BCUT2D eigenvalue weighted by molar-refractivity contribution is 7.52. The van der Waals surface area contributed by atoms with Gasteiger partial charge in [-0.1, -0.05) is 18.2 Å². The number of esters is 1. The minimum absolute atomic E-state index is 0.0636. The Labute approximate surface area is 231 Å². The highest BCUT2D eigenvalue weighted by atomic mass is 31.2. The average molecular weight is 581 g/mol. The SMILES string of the molecule is CCOc1nc(N)nc2c1ncn2[C@@H]1OC(COP(=O)(N[C@@H](C)C(=O)OC(C)C)Oc2ccccc2)C[C@@]1(C)F. The molecule has 1 aromatic carbocycles. The Morgan fingerprint density at radius 3 is 2.70 bits per heavy atom. The molecule has 2 unspecified atom stereocenters. The summed E-state index contributed by atoms with van der Waals surface area (Å²) in [4.78, 5) is 24.9. The molecular weight excluding hydrogens is 546 g/mol. The van der Waals surface area contributed by atoms with Gasteiger partial charge in [-0.25, -0.2) is 13.9 Å². The van der Waals surface area contributed by atoms with Crippen LogP contribution in [-0.2, 0) is 23.4 Å². The molecule has 3 N–H and O–H groups in total. The summed E-state index contributed by atoms with van der Waals surface area (Å²) in [5, 5.41) is 2.61. The molecular formula is C25H34FN6O7P. The lowest BCUT2D eigenvalue weighted by Gasteiger charge is -2.24. The van der Waals surface area contributed by atoms with Crippen LogP contribution in [0.4, 0.5) is 10.3 Å². The van der Waals surface area contributed by atoms with E-state index in [4.69, 9.17) is 29.0 Å². The van der Waals surface area contributed by atoms with Crippen LogP contribution < -0.4 is 20.1 Å². The van der Waals surface area contributed by atoms with Gasteiger partial charge in [0.05, 0.1) is 31.7 Å². The standard InChI is InChI=1S/C25H34FN6O7P/c1-6-35-21-19-20(29-24(27)30-21)32(14-28-19)23-25(5,26)12-18(38-23)13-36-40(34,39-17-10-8-7-9-11-17)31-16(4)22(33)37-15(2)3/h7-11,14-16,18,23H,6,12-13H2,1-5H3,(H,31,34)(H2,27,29,30)/t16-,18?,23+,25+,40?/m0/s1. The monoisotopic (exact) mass is 580 g/mol. The molecule has 0 saturated carbocycles. The third kappa shape index (κ3) is 6.87. The second-order valence-electron chi connectivity index (χ2n) is 9.77. The number of fused-ring (bicyclic) bond motifs is 1. The van der Waals surface area contributed by atoms with E-state index in [2.05, 4.69) is 20.0 Å². The van der Waals surface area contributed by atoms with Gasteiger partial charge in [0, 0.05) is 6.42 Å². The highest BCUT2D eigenvalue weighted by Gasteiger charge is 2.48. The smallest absolute Gasteiger partial charge is 0.459 e. The highest BCUT2D eigenvalue weighted by Crippen LogP contribution is 2.48. The number of benzene rings is 1. The van der Waals surface area contributed by atoms with E-state index in [1.54, 1.807) is 51.1 Å². The molecule has 15 heteroatoms. The van der Waals surface area contributed by atoms with E-state index in [9.17, 15) is 9.36 Å². The van der Waals surface area contributed by atoms with E-state index >= 15 is 4.39 Å². The van der Waals surface area contributed by atoms with Crippen LogP contribution in [0.3, 0.4) is 0 Å². The van der Waals surface area contributed by atoms with Gasteiger partial charge in [-0.3, -0.25) is 13.9 Å². The van der Waals surface area contributed by atoms with E-state index in [-0.39, 0.29) is 42.4 Å². The molecule has 0 amide bonds. The van der Waals surface area contributed by atoms with Gasteiger partial charge in [-0.05, 0) is 46.8 Å². The van der Waals surface area contributed by atoms with Gasteiger partial charge in [0.2, 0.25) is 11.8 Å². The summed E-state index contributed by atoms with van der Waals surface area (Å²) in [6, 6.07) is 7.30. The van der Waals surface area contributed by atoms with Crippen molar-refractivity contribution in [2.45, 2.75) is 71.2 Å². The quantitative estimate of drug-likeness (QED) is 0.235. The van der Waals surface area contributed by atoms with Crippen molar-refractivity contribution in [2.24, 2.45) is 0 Å². The van der Waals surface area contributed by atoms with E-state index in [0.29, 0.717) is 12.1 Å². The zero-order valence-electron chi connectivity index (χ0n) is 22.9. The maximum absolute atomic E-state index is 15.9. The van der Waals surface area contributed by atoms with E-state index < -0.39 is 37.8 Å². The fourth-order valence-corrected chi connectivity index (χ4v) is 5.72. The van der Waals surface area contributed by atoms with Crippen LogP contribution in [0.5, 0.6) is 11.6 Å².